The molecule has 1 aromatic rings. The van der Waals surface area contributed by atoms with Crippen LogP contribution in [0.15, 0.2) is 30.3 Å². The lowest BCUT2D eigenvalue weighted by atomic mass is 9.94. The lowest BCUT2D eigenvalue weighted by molar-refractivity contribution is -0.124. The second-order valence-electron chi connectivity index (χ2n) is 3.86. The van der Waals surface area contributed by atoms with Gasteiger partial charge in [0.05, 0.1) is 0 Å². The van der Waals surface area contributed by atoms with E-state index in [-0.39, 0.29) is 5.91 Å². The number of benzene rings is 1. The van der Waals surface area contributed by atoms with Gasteiger partial charge in [0.2, 0.25) is 5.91 Å². The predicted molar refractivity (Wildman–Crippen MR) is 61.2 cm³/mol. The number of hydrogen-bond donors (Lipinski definition) is 0. The standard InChI is InChI=1S/C13H15NO/c1-10(15)14(2)13-9-5-7-11-6-3-4-8-12(11)13/h3-4,6,8-9H,5,7H2,1-2H3. The van der Waals surface area contributed by atoms with Gasteiger partial charge in [0.25, 0.3) is 0 Å². The zero-order chi connectivity index (χ0) is 10.8. The molecule has 1 aliphatic rings. The highest BCUT2D eigenvalue weighted by atomic mass is 16.2. The number of carbonyl (C=O) groups excluding carboxylic acids is 1. The van der Waals surface area contributed by atoms with Gasteiger partial charge in [0, 0.05) is 25.2 Å². The van der Waals surface area contributed by atoms with Crippen LogP contribution in [-0.2, 0) is 11.2 Å². The van der Waals surface area contributed by atoms with Crippen molar-refractivity contribution in [2.75, 3.05) is 7.05 Å². The highest BCUT2D eigenvalue weighted by Gasteiger charge is 2.16. The van der Waals surface area contributed by atoms with Crippen LogP contribution < -0.4 is 0 Å². The summed E-state index contributed by atoms with van der Waals surface area (Å²) in [6.07, 6.45) is 4.24. The SMILES string of the molecule is CC(=O)N(C)C1=CCCc2ccccc21. The molecule has 0 N–H and O–H groups in total. The van der Waals surface area contributed by atoms with Gasteiger partial charge >= 0.3 is 0 Å². The van der Waals surface area contributed by atoms with Crippen LogP contribution in [0.2, 0.25) is 0 Å². The van der Waals surface area contributed by atoms with Gasteiger partial charge in [-0.15, -0.1) is 0 Å². The first-order valence-corrected chi connectivity index (χ1v) is 5.23. The first-order valence-electron chi connectivity index (χ1n) is 5.23. The van der Waals surface area contributed by atoms with Crippen LogP contribution in [0.3, 0.4) is 0 Å². The van der Waals surface area contributed by atoms with Crippen LogP contribution in [0.4, 0.5) is 0 Å². The lowest BCUT2D eigenvalue weighted by Crippen LogP contribution is -2.24. The van der Waals surface area contributed by atoms with Gasteiger partial charge in [-0.3, -0.25) is 4.79 Å². The minimum absolute atomic E-state index is 0.0814. The summed E-state index contributed by atoms with van der Waals surface area (Å²) >= 11 is 0. The smallest absolute Gasteiger partial charge is 0.223 e. The quantitative estimate of drug-likeness (QED) is 0.683. The van der Waals surface area contributed by atoms with Crippen molar-refractivity contribution in [1.82, 2.24) is 4.90 Å². The summed E-state index contributed by atoms with van der Waals surface area (Å²) in [5, 5.41) is 0. The molecule has 15 heavy (non-hydrogen) atoms. The average Bonchev–Trinajstić information content (AvgIpc) is 2.27. The Morgan fingerprint density at radius 3 is 2.80 bits per heavy atom. The third-order valence-electron chi connectivity index (χ3n) is 2.88. The molecular weight excluding hydrogens is 186 g/mol. The van der Waals surface area contributed by atoms with Crippen LogP contribution in [0.5, 0.6) is 0 Å². The normalized spacial score (nSPS) is 14.1. The van der Waals surface area contributed by atoms with Gasteiger partial charge < -0.3 is 4.90 Å². The number of carbonyl (C=O) groups is 1. The fourth-order valence-corrected chi connectivity index (χ4v) is 1.95. The van der Waals surface area contributed by atoms with Gasteiger partial charge in [-0.05, 0) is 18.4 Å². The number of amides is 1. The topological polar surface area (TPSA) is 20.3 Å². The molecule has 2 rings (SSSR count). The Morgan fingerprint density at radius 1 is 1.33 bits per heavy atom. The van der Waals surface area contributed by atoms with E-state index in [1.54, 1.807) is 11.8 Å². The summed E-state index contributed by atoms with van der Waals surface area (Å²) in [4.78, 5) is 13.1. The van der Waals surface area contributed by atoms with E-state index in [0.29, 0.717) is 0 Å². The van der Waals surface area contributed by atoms with Gasteiger partial charge in [0.1, 0.15) is 0 Å². The molecule has 0 saturated heterocycles. The maximum Gasteiger partial charge on any atom is 0.223 e. The lowest BCUT2D eigenvalue weighted by Gasteiger charge is -2.24. The zero-order valence-electron chi connectivity index (χ0n) is 9.16. The van der Waals surface area contributed by atoms with Gasteiger partial charge in [-0.2, -0.15) is 0 Å². The summed E-state index contributed by atoms with van der Waals surface area (Å²) in [7, 11) is 1.83. The average molecular weight is 201 g/mol. The van der Waals surface area contributed by atoms with E-state index in [9.17, 15) is 4.79 Å². The molecule has 0 bridgehead atoms. The second kappa shape index (κ2) is 3.89. The molecule has 1 aromatic carbocycles. The number of aryl methyl sites for hydroxylation is 1. The first-order chi connectivity index (χ1) is 7.20. The monoisotopic (exact) mass is 201 g/mol. The van der Waals surface area contributed by atoms with Crippen molar-refractivity contribution in [1.29, 1.82) is 0 Å². The Morgan fingerprint density at radius 2 is 2.07 bits per heavy atom. The Hall–Kier alpha value is -1.57. The third kappa shape index (κ3) is 1.80. The highest BCUT2D eigenvalue weighted by molar-refractivity contribution is 5.86. The molecule has 0 unspecified atom stereocenters. The van der Waals surface area contributed by atoms with E-state index in [0.717, 1.165) is 18.5 Å². The van der Waals surface area contributed by atoms with Gasteiger partial charge in [-0.25, -0.2) is 0 Å². The fourth-order valence-electron chi connectivity index (χ4n) is 1.95. The van der Waals surface area contributed by atoms with Crippen molar-refractivity contribution in [2.45, 2.75) is 19.8 Å². The Balaban J connectivity index is 2.42. The minimum atomic E-state index is 0.0814. The van der Waals surface area contributed by atoms with Gasteiger partial charge in [0.15, 0.2) is 0 Å². The van der Waals surface area contributed by atoms with E-state index in [1.807, 2.05) is 13.1 Å². The van der Waals surface area contributed by atoms with Crippen LogP contribution in [0.25, 0.3) is 5.70 Å². The summed E-state index contributed by atoms with van der Waals surface area (Å²) in [5.41, 5.74) is 3.58. The minimum Gasteiger partial charge on any atom is -0.315 e. The van der Waals surface area contributed by atoms with Gasteiger partial charge in [-0.1, -0.05) is 30.3 Å². The maximum absolute atomic E-state index is 11.3. The number of nitrogens with zero attached hydrogens (tertiary/aromatic N) is 1. The summed E-state index contributed by atoms with van der Waals surface area (Å²) in [6.45, 7) is 1.60. The molecule has 2 nitrogen and oxygen atoms in total. The molecule has 2 heteroatoms. The van der Waals surface area contributed by atoms with Crippen LogP contribution in [0, 0.1) is 0 Å². The van der Waals surface area contributed by atoms with E-state index in [2.05, 4.69) is 24.3 Å². The Labute approximate surface area is 90.2 Å². The second-order valence-corrected chi connectivity index (χ2v) is 3.86. The fraction of sp³-hybridized carbons (Fsp3) is 0.308. The summed E-state index contributed by atoms with van der Waals surface area (Å²) < 4.78 is 0. The molecular formula is C13H15NO. The Bertz CT molecular complexity index is 420. The number of rotatable bonds is 1. The van der Waals surface area contributed by atoms with Crippen molar-refractivity contribution in [2.24, 2.45) is 0 Å². The molecule has 1 amide bonds. The Kier molecular flexibility index (Phi) is 2.58. The van der Waals surface area contributed by atoms with Crippen molar-refractivity contribution >= 4 is 11.6 Å². The first kappa shape index (κ1) is 9.97. The van der Waals surface area contributed by atoms with E-state index in [1.165, 1.54) is 11.1 Å². The maximum atomic E-state index is 11.3. The molecule has 0 fully saturated rings. The molecule has 0 spiro atoms. The molecule has 1 aliphatic carbocycles. The molecule has 0 atom stereocenters. The molecule has 0 heterocycles. The summed E-state index contributed by atoms with van der Waals surface area (Å²) in [6, 6.07) is 8.29. The number of fused-ring (bicyclic) bond motifs is 1. The van der Waals surface area contributed by atoms with E-state index < -0.39 is 0 Å². The highest BCUT2D eigenvalue weighted by Crippen LogP contribution is 2.27. The summed E-state index contributed by atoms with van der Waals surface area (Å²) in [5.74, 6) is 0.0814. The van der Waals surface area contributed by atoms with Crippen molar-refractivity contribution in [3.8, 4) is 0 Å². The molecule has 0 aliphatic heterocycles. The number of hydrogen-bond acceptors (Lipinski definition) is 1. The van der Waals surface area contributed by atoms with Crippen LogP contribution >= 0.6 is 0 Å². The van der Waals surface area contributed by atoms with Crippen molar-refractivity contribution in [3.05, 3.63) is 41.5 Å². The molecule has 0 radical (unpaired) electrons. The van der Waals surface area contributed by atoms with Crippen molar-refractivity contribution < 1.29 is 4.79 Å². The van der Waals surface area contributed by atoms with Crippen molar-refractivity contribution in [3.63, 3.8) is 0 Å². The molecule has 0 saturated carbocycles. The molecule has 78 valence electrons. The molecule has 0 aromatic heterocycles. The van der Waals surface area contributed by atoms with Crippen LogP contribution in [0.1, 0.15) is 24.5 Å². The van der Waals surface area contributed by atoms with E-state index in [4.69, 9.17) is 0 Å². The zero-order valence-corrected chi connectivity index (χ0v) is 9.16. The van der Waals surface area contributed by atoms with E-state index >= 15 is 0 Å². The number of allylic oxidation sites excluding steroid dienone is 1. The van der Waals surface area contributed by atoms with Crippen LogP contribution in [-0.4, -0.2) is 17.9 Å². The third-order valence-corrected chi connectivity index (χ3v) is 2.88. The largest absolute Gasteiger partial charge is 0.315 e. The predicted octanol–water partition coefficient (Wildman–Crippen LogP) is 2.45.